The predicted molar refractivity (Wildman–Crippen MR) is 54.6 cm³/mol. The summed E-state index contributed by atoms with van der Waals surface area (Å²) in [4.78, 5) is 18.0. The van der Waals surface area contributed by atoms with Crippen LogP contribution in [0.5, 0.6) is 0 Å². The molecule has 0 amide bonds. The summed E-state index contributed by atoms with van der Waals surface area (Å²) in [6.45, 7) is -0.157. The molecule has 0 aliphatic heterocycles. The van der Waals surface area contributed by atoms with Crippen molar-refractivity contribution in [2.45, 2.75) is 11.1 Å². The van der Waals surface area contributed by atoms with Gasteiger partial charge in [0.15, 0.2) is 0 Å². The van der Waals surface area contributed by atoms with E-state index in [1.54, 1.807) is 0 Å². The van der Waals surface area contributed by atoms with Crippen LogP contribution < -0.4 is 5.73 Å². The molecule has 1 rings (SSSR count). The van der Waals surface area contributed by atoms with Crippen molar-refractivity contribution in [2.75, 3.05) is 12.8 Å². The molecule has 0 aliphatic rings. The van der Waals surface area contributed by atoms with Crippen molar-refractivity contribution < 1.29 is 18.3 Å². The number of nitrogens with two attached hydrogens (primary N) is 1. The first-order valence-corrected chi connectivity index (χ1v) is 6.21. The molecule has 0 bridgehead atoms. The second-order valence-electron chi connectivity index (χ2n) is 3.16. The van der Waals surface area contributed by atoms with E-state index in [9.17, 15) is 13.2 Å². The molecule has 1 atom stereocenters. The minimum absolute atomic E-state index is 0.0884. The Bertz CT molecular complexity index is 500. The van der Waals surface area contributed by atoms with E-state index in [0.29, 0.717) is 0 Å². The van der Waals surface area contributed by atoms with Gasteiger partial charge in [-0.2, -0.15) is 0 Å². The van der Waals surface area contributed by atoms with Gasteiger partial charge in [-0.25, -0.2) is 18.4 Å². The second-order valence-corrected chi connectivity index (χ2v) is 5.07. The van der Waals surface area contributed by atoms with Crippen LogP contribution >= 0.6 is 0 Å². The van der Waals surface area contributed by atoms with Crippen LogP contribution in [0.2, 0.25) is 0 Å². The predicted octanol–water partition coefficient (Wildman–Crippen LogP) is -0.993. The number of nitrogens with zero attached hydrogens (tertiary/aromatic N) is 2. The molecule has 0 radical (unpaired) electrons. The number of carboxylic acids is 1. The Kier molecular flexibility index (Phi) is 3.55. The molecule has 0 spiro atoms. The van der Waals surface area contributed by atoms with Crippen molar-refractivity contribution in [3.05, 3.63) is 18.0 Å². The second kappa shape index (κ2) is 4.54. The largest absolute Gasteiger partial charge is 0.481 e. The third-order valence-corrected chi connectivity index (χ3v) is 2.74. The number of hydrogen-bond donors (Lipinski definition) is 2. The summed E-state index contributed by atoms with van der Waals surface area (Å²) in [6.07, 6.45) is 2.15. The summed E-state index contributed by atoms with van der Waals surface area (Å²) in [5, 5.41) is 8.43. The van der Waals surface area contributed by atoms with E-state index < -0.39 is 26.9 Å². The Morgan fingerprint density at radius 1 is 1.62 bits per heavy atom. The zero-order chi connectivity index (χ0) is 12.3. The van der Waals surface area contributed by atoms with Gasteiger partial charge in [0.25, 0.3) is 0 Å². The number of hydrogen-bond acceptors (Lipinski definition) is 6. The summed E-state index contributed by atoms with van der Waals surface area (Å²) in [5.74, 6) is -2.18. The first-order chi connectivity index (χ1) is 7.36. The fourth-order valence-electron chi connectivity index (χ4n) is 1.07. The highest BCUT2D eigenvalue weighted by atomic mass is 32.2. The van der Waals surface area contributed by atoms with Gasteiger partial charge >= 0.3 is 5.97 Å². The molecule has 0 aliphatic carbocycles. The van der Waals surface area contributed by atoms with Gasteiger partial charge in [0.2, 0.25) is 15.0 Å². The first-order valence-electron chi connectivity index (χ1n) is 4.32. The maximum atomic E-state index is 11.2. The van der Waals surface area contributed by atoms with Crippen molar-refractivity contribution in [3.8, 4) is 0 Å². The summed E-state index contributed by atoms with van der Waals surface area (Å²) < 4.78 is 22.3. The number of rotatable bonds is 4. The fourth-order valence-corrected chi connectivity index (χ4v) is 1.60. The maximum Gasteiger partial charge on any atom is 0.313 e. The van der Waals surface area contributed by atoms with E-state index in [1.807, 2.05) is 0 Å². The van der Waals surface area contributed by atoms with Crippen molar-refractivity contribution in [3.63, 3.8) is 0 Å². The molecule has 0 fully saturated rings. The maximum absolute atomic E-state index is 11.2. The van der Waals surface area contributed by atoms with E-state index in [4.69, 9.17) is 10.8 Å². The van der Waals surface area contributed by atoms with Crippen molar-refractivity contribution >= 4 is 15.8 Å². The van der Waals surface area contributed by atoms with Gasteiger partial charge in [-0.15, -0.1) is 0 Å². The van der Waals surface area contributed by atoms with E-state index >= 15 is 0 Å². The van der Waals surface area contributed by atoms with Gasteiger partial charge in [0.1, 0.15) is 5.92 Å². The smallest absolute Gasteiger partial charge is 0.313 e. The van der Waals surface area contributed by atoms with E-state index in [-0.39, 0.29) is 12.2 Å². The zero-order valence-corrected chi connectivity index (χ0v) is 9.31. The average molecular weight is 245 g/mol. The van der Waals surface area contributed by atoms with Gasteiger partial charge < -0.3 is 10.8 Å². The van der Waals surface area contributed by atoms with Gasteiger partial charge in [0, 0.05) is 19.0 Å². The van der Waals surface area contributed by atoms with Gasteiger partial charge in [0.05, 0.1) is 5.69 Å². The molecule has 7 nitrogen and oxygen atoms in total. The standard InChI is InChI=1S/C8H11N3O4S/c1-16(14,15)8-10-3-2-6(11-8)5(4-9)7(12)13/h2-3,5H,4,9H2,1H3,(H,12,13). The molecule has 0 saturated carbocycles. The Hall–Kier alpha value is -1.54. The molecule has 1 heterocycles. The molecule has 0 saturated heterocycles. The molecule has 0 aromatic carbocycles. The first kappa shape index (κ1) is 12.5. The van der Waals surface area contributed by atoms with Crippen LogP contribution in [0.1, 0.15) is 11.6 Å². The molecule has 1 unspecified atom stereocenters. The number of aromatic nitrogens is 2. The molecule has 3 N–H and O–H groups in total. The average Bonchev–Trinajstić information content (AvgIpc) is 2.17. The Morgan fingerprint density at radius 2 is 2.25 bits per heavy atom. The lowest BCUT2D eigenvalue weighted by molar-refractivity contribution is -0.138. The summed E-state index contributed by atoms with van der Waals surface area (Å²) >= 11 is 0. The summed E-state index contributed by atoms with van der Waals surface area (Å²) in [6, 6.07) is 1.33. The lowest BCUT2D eigenvalue weighted by Crippen LogP contribution is -2.23. The molecule has 88 valence electrons. The quantitative estimate of drug-likeness (QED) is 0.652. The number of carbonyl (C=O) groups is 1. The van der Waals surface area contributed by atoms with E-state index in [1.165, 1.54) is 12.3 Å². The van der Waals surface area contributed by atoms with Crippen molar-refractivity contribution in [1.29, 1.82) is 0 Å². The zero-order valence-electron chi connectivity index (χ0n) is 8.49. The third kappa shape index (κ3) is 2.74. The lowest BCUT2D eigenvalue weighted by Gasteiger charge is -2.08. The van der Waals surface area contributed by atoms with Crippen LogP contribution in [0.15, 0.2) is 17.4 Å². The molecule has 1 aromatic rings. The summed E-state index contributed by atoms with van der Waals surface area (Å²) in [5.41, 5.74) is 5.36. The van der Waals surface area contributed by atoms with Gasteiger partial charge in [-0.05, 0) is 6.07 Å². The van der Waals surface area contributed by atoms with Crippen LogP contribution in [0, 0.1) is 0 Å². The van der Waals surface area contributed by atoms with Crippen LogP contribution in [-0.4, -0.2) is 42.3 Å². The van der Waals surface area contributed by atoms with E-state index in [0.717, 1.165) is 6.26 Å². The van der Waals surface area contributed by atoms with E-state index in [2.05, 4.69) is 9.97 Å². The minimum atomic E-state index is -3.55. The normalized spacial score (nSPS) is 13.4. The number of carboxylic acid groups (broad SMARTS) is 1. The van der Waals surface area contributed by atoms with Crippen LogP contribution in [0.3, 0.4) is 0 Å². The summed E-state index contributed by atoms with van der Waals surface area (Å²) in [7, 11) is -3.55. The van der Waals surface area contributed by atoms with Crippen LogP contribution in [0.4, 0.5) is 0 Å². The molecule has 8 heteroatoms. The third-order valence-electron chi connectivity index (χ3n) is 1.88. The highest BCUT2D eigenvalue weighted by molar-refractivity contribution is 7.90. The number of aliphatic carboxylic acids is 1. The van der Waals surface area contributed by atoms with Gasteiger partial charge in [-0.3, -0.25) is 4.79 Å². The molecular formula is C8H11N3O4S. The van der Waals surface area contributed by atoms with Crippen LogP contribution in [-0.2, 0) is 14.6 Å². The lowest BCUT2D eigenvalue weighted by atomic mass is 10.1. The highest BCUT2D eigenvalue weighted by Crippen LogP contribution is 2.13. The van der Waals surface area contributed by atoms with Crippen LogP contribution in [0.25, 0.3) is 0 Å². The van der Waals surface area contributed by atoms with Crippen molar-refractivity contribution in [1.82, 2.24) is 9.97 Å². The molecular weight excluding hydrogens is 234 g/mol. The molecule has 1 aromatic heterocycles. The Labute approximate surface area is 92.3 Å². The SMILES string of the molecule is CS(=O)(=O)c1nccc(C(CN)C(=O)O)n1. The van der Waals surface area contributed by atoms with Gasteiger partial charge in [-0.1, -0.05) is 0 Å². The number of sulfone groups is 1. The topological polar surface area (TPSA) is 123 Å². The monoisotopic (exact) mass is 245 g/mol. The Balaban J connectivity index is 3.22. The minimum Gasteiger partial charge on any atom is -0.481 e. The fraction of sp³-hybridized carbons (Fsp3) is 0.375. The molecule has 16 heavy (non-hydrogen) atoms. The van der Waals surface area contributed by atoms with Crippen molar-refractivity contribution in [2.24, 2.45) is 5.73 Å². The highest BCUT2D eigenvalue weighted by Gasteiger charge is 2.21. The Morgan fingerprint density at radius 3 is 2.69 bits per heavy atom.